The molecule has 0 saturated heterocycles. The first-order chi connectivity index (χ1) is 7.67. The minimum atomic E-state index is 0.560. The van der Waals surface area contributed by atoms with Gasteiger partial charge in [-0.25, -0.2) is 0 Å². The number of hydrogen-bond acceptors (Lipinski definition) is 2. The van der Waals surface area contributed by atoms with Crippen LogP contribution >= 0.6 is 35.0 Å². The van der Waals surface area contributed by atoms with Gasteiger partial charge in [0.2, 0.25) is 0 Å². The van der Waals surface area contributed by atoms with E-state index < -0.39 is 0 Å². The van der Waals surface area contributed by atoms with Crippen molar-refractivity contribution >= 4 is 35.0 Å². The molecule has 0 aliphatic rings. The van der Waals surface area contributed by atoms with Gasteiger partial charge in [-0.3, -0.25) is 0 Å². The summed E-state index contributed by atoms with van der Waals surface area (Å²) >= 11 is 13.6. The fourth-order valence-electron chi connectivity index (χ4n) is 1.42. The Morgan fingerprint density at radius 1 is 1.31 bits per heavy atom. The fraction of sp³-hybridized carbons (Fsp3) is 0.500. The second-order valence-corrected chi connectivity index (χ2v) is 5.57. The average Bonchev–Trinajstić information content (AvgIpc) is 2.28. The van der Waals surface area contributed by atoms with Crippen LogP contribution < -0.4 is 5.32 Å². The van der Waals surface area contributed by atoms with Crippen LogP contribution in [0.5, 0.6) is 0 Å². The Labute approximate surface area is 112 Å². The molecule has 1 unspecified atom stereocenters. The molecule has 1 rings (SSSR count). The van der Waals surface area contributed by atoms with Crippen LogP contribution in [0.1, 0.15) is 19.8 Å². The van der Waals surface area contributed by atoms with Gasteiger partial charge in [0.15, 0.2) is 0 Å². The fourth-order valence-corrected chi connectivity index (χ4v) is 2.88. The summed E-state index contributed by atoms with van der Waals surface area (Å²) < 4.78 is 0. The maximum absolute atomic E-state index is 5.96. The van der Waals surface area contributed by atoms with Gasteiger partial charge < -0.3 is 5.32 Å². The number of benzene rings is 1. The number of hydrogen-bond donors (Lipinski definition) is 1. The number of thioether (sulfide) groups is 1. The smallest absolute Gasteiger partial charge is 0.0603 e. The van der Waals surface area contributed by atoms with Gasteiger partial charge in [0.05, 0.1) is 10.0 Å². The van der Waals surface area contributed by atoms with Gasteiger partial charge in [0, 0.05) is 16.7 Å². The van der Waals surface area contributed by atoms with Crippen LogP contribution in [0.3, 0.4) is 0 Å². The molecule has 0 spiro atoms. The third kappa shape index (κ3) is 4.54. The van der Waals surface area contributed by atoms with Crippen molar-refractivity contribution in [2.45, 2.75) is 30.7 Å². The summed E-state index contributed by atoms with van der Waals surface area (Å²) in [5.41, 5.74) is 0. The van der Waals surface area contributed by atoms with Crippen LogP contribution in [0.4, 0.5) is 0 Å². The Balaban J connectivity index is 2.50. The predicted octanol–water partition coefficient (Wildman–Crippen LogP) is 4.47. The average molecular weight is 278 g/mol. The van der Waals surface area contributed by atoms with Crippen LogP contribution in [-0.4, -0.2) is 18.8 Å². The van der Waals surface area contributed by atoms with Crippen LogP contribution in [0.25, 0.3) is 0 Å². The Kier molecular flexibility index (Phi) is 6.59. The molecule has 0 bridgehead atoms. The number of nitrogens with one attached hydrogen (secondary N) is 1. The first-order valence-corrected chi connectivity index (χ1v) is 7.16. The molecule has 1 N–H and O–H groups in total. The normalized spacial score (nSPS) is 12.8. The maximum atomic E-state index is 5.96. The summed E-state index contributed by atoms with van der Waals surface area (Å²) in [5.74, 6) is 1.06. The largest absolute Gasteiger partial charge is 0.316 e. The monoisotopic (exact) mass is 277 g/mol. The van der Waals surface area contributed by atoms with Gasteiger partial charge in [0.1, 0.15) is 0 Å². The molecule has 0 heterocycles. The standard InChI is InChI=1S/C12H17Cl2NS/c1-3-4-9(15-2)8-16-10-5-6-11(13)12(14)7-10/h5-7,9,15H,3-4,8H2,1-2H3. The Bertz CT molecular complexity index is 331. The van der Waals surface area contributed by atoms with E-state index in [9.17, 15) is 0 Å². The molecule has 0 aromatic heterocycles. The Morgan fingerprint density at radius 2 is 2.06 bits per heavy atom. The predicted molar refractivity (Wildman–Crippen MR) is 74.9 cm³/mol. The molecule has 0 aliphatic heterocycles. The van der Waals surface area contributed by atoms with Crippen molar-refractivity contribution in [3.8, 4) is 0 Å². The minimum absolute atomic E-state index is 0.560. The first-order valence-electron chi connectivity index (χ1n) is 5.42. The summed E-state index contributed by atoms with van der Waals surface area (Å²) in [4.78, 5) is 1.17. The third-order valence-corrected chi connectivity index (χ3v) is 4.28. The lowest BCUT2D eigenvalue weighted by Crippen LogP contribution is -2.27. The first kappa shape index (κ1) is 14.2. The molecular formula is C12H17Cl2NS. The van der Waals surface area contributed by atoms with Crippen molar-refractivity contribution in [3.63, 3.8) is 0 Å². The van der Waals surface area contributed by atoms with Crippen molar-refractivity contribution in [3.05, 3.63) is 28.2 Å². The van der Waals surface area contributed by atoms with Gasteiger partial charge in [-0.05, 0) is 31.7 Å². The Morgan fingerprint density at radius 3 is 2.62 bits per heavy atom. The molecule has 1 aromatic carbocycles. The minimum Gasteiger partial charge on any atom is -0.316 e. The van der Waals surface area contributed by atoms with Gasteiger partial charge in [-0.2, -0.15) is 0 Å². The quantitative estimate of drug-likeness (QED) is 0.770. The molecule has 1 aromatic rings. The van der Waals surface area contributed by atoms with Gasteiger partial charge >= 0.3 is 0 Å². The van der Waals surface area contributed by atoms with E-state index in [-0.39, 0.29) is 0 Å². The Hall–Kier alpha value is 0.110. The molecule has 4 heteroatoms. The molecule has 0 radical (unpaired) electrons. The number of rotatable bonds is 6. The summed E-state index contributed by atoms with van der Waals surface area (Å²) in [7, 11) is 2.01. The van der Waals surface area contributed by atoms with Crippen molar-refractivity contribution in [1.29, 1.82) is 0 Å². The van der Waals surface area contributed by atoms with E-state index in [1.54, 1.807) is 0 Å². The third-order valence-electron chi connectivity index (χ3n) is 2.39. The highest BCUT2D eigenvalue weighted by Crippen LogP contribution is 2.28. The maximum Gasteiger partial charge on any atom is 0.0603 e. The number of halogens is 2. The lowest BCUT2D eigenvalue weighted by atomic mass is 10.2. The summed E-state index contributed by atoms with van der Waals surface area (Å²) in [5, 5.41) is 4.56. The van der Waals surface area contributed by atoms with Crippen molar-refractivity contribution < 1.29 is 0 Å². The summed E-state index contributed by atoms with van der Waals surface area (Å²) in [6.45, 7) is 2.20. The highest BCUT2D eigenvalue weighted by atomic mass is 35.5. The van der Waals surface area contributed by atoms with E-state index in [0.29, 0.717) is 16.1 Å². The molecule has 16 heavy (non-hydrogen) atoms. The van der Waals surface area contributed by atoms with Crippen LogP contribution in [0.15, 0.2) is 23.1 Å². The lowest BCUT2D eigenvalue weighted by molar-refractivity contribution is 0.565. The highest BCUT2D eigenvalue weighted by Gasteiger charge is 2.06. The van der Waals surface area contributed by atoms with Gasteiger partial charge in [-0.15, -0.1) is 11.8 Å². The molecule has 0 amide bonds. The van der Waals surface area contributed by atoms with Crippen LogP contribution in [0, 0.1) is 0 Å². The van der Waals surface area contributed by atoms with E-state index in [4.69, 9.17) is 23.2 Å². The topological polar surface area (TPSA) is 12.0 Å². The van der Waals surface area contributed by atoms with E-state index >= 15 is 0 Å². The van der Waals surface area contributed by atoms with E-state index in [1.165, 1.54) is 17.7 Å². The molecule has 1 nitrogen and oxygen atoms in total. The van der Waals surface area contributed by atoms with Gasteiger partial charge in [-0.1, -0.05) is 36.5 Å². The molecular weight excluding hydrogens is 261 g/mol. The van der Waals surface area contributed by atoms with E-state index in [1.807, 2.05) is 37.0 Å². The summed E-state index contributed by atoms with van der Waals surface area (Å²) in [6, 6.07) is 6.34. The second kappa shape index (κ2) is 7.44. The molecule has 90 valence electrons. The van der Waals surface area contributed by atoms with Gasteiger partial charge in [0.25, 0.3) is 0 Å². The van der Waals surface area contributed by atoms with Crippen molar-refractivity contribution in [1.82, 2.24) is 5.32 Å². The summed E-state index contributed by atoms with van der Waals surface area (Å²) in [6.07, 6.45) is 2.40. The zero-order chi connectivity index (χ0) is 12.0. The zero-order valence-corrected chi connectivity index (χ0v) is 11.9. The highest BCUT2D eigenvalue weighted by molar-refractivity contribution is 7.99. The lowest BCUT2D eigenvalue weighted by Gasteiger charge is -2.14. The van der Waals surface area contributed by atoms with E-state index in [2.05, 4.69) is 12.2 Å². The molecule has 0 aliphatic carbocycles. The molecule has 1 atom stereocenters. The molecule has 0 fully saturated rings. The zero-order valence-electron chi connectivity index (χ0n) is 9.59. The molecule has 0 saturated carbocycles. The SMILES string of the molecule is CCCC(CSc1ccc(Cl)c(Cl)c1)NC. The van der Waals surface area contributed by atoms with Crippen molar-refractivity contribution in [2.75, 3.05) is 12.8 Å². The van der Waals surface area contributed by atoms with Crippen molar-refractivity contribution in [2.24, 2.45) is 0 Å². The van der Waals surface area contributed by atoms with Crippen LogP contribution in [-0.2, 0) is 0 Å². The second-order valence-electron chi connectivity index (χ2n) is 3.66. The van der Waals surface area contributed by atoms with Crippen LogP contribution in [0.2, 0.25) is 10.0 Å². The van der Waals surface area contributed by atoms with E-state index in [0.717, 1.165) is 5.75 Å².